The predicted octanol–water partition coefficient (Wildman–Crippen LogP) is 1.98. The number of nitrogens with one attached hydrogen (secondary N) is 1. The van der Waals surface area contributed by atoms with Crippen LogP contribution in [0.5, 0.6) is 0 Å². The van der Waals surface area contributed by atoms with Crippen LogP contribution in [0.2, 0.25) is 0 Å². The molecule has 0 bridgehead atoms. The van der Waals surface area contributed by atoms with E-state index in [9.17, 15) is 18.5 Å². The Morgan fingerprint density at radius 3 is 2.71 bits per heavy atom. The lowest BCUT2D eigenvalue weighted by atomic mass is 10.0. The molecule has 3 aromatic rings. The summed E-state index contributed by atoms with van der Waals surface area (Å²) in [5.74, 6) is 0. The van der Waals surface area contributed by atoms with Crippen molar-refractivity contribution in [2.75, 3.05) is 11.0 Å². The number of aromatic nitrogens is 3. The molecule has 10 heteroatoms. The monoisotopic (exact) mass is 347 g/mol. The molecule has 0 atom stereocenters. The summed E-state index contributed by atoms with van der Waals surface area (Å²) < 4.78 is 26.6. The van der Waals surface area contributed by atoms with E-state index in [4.69, 9.17) is 0 Å². The molecule has 0 aliphatic heterocycles. The first-order valence-electron chi connectivity index (χ1n) is 6.82. The number of nitro groups is 1. The SMILES string of the molecule is Cc1ccc(NS(C)(=O)=O)cc1-c1ccnc2c([N+](=O)[O-])cnn12. The molecular weight excluding hydrogens is 334 g/mol. The molecular formula is C14H13N5O4S. The summed E-state index contributed by atoms with van der Waals surface area (Å²) >= 11 is 0. The number of anilines is 1. The van der Waals surface area contributed by atoms with Gasteiger partial charge in [0.25, 0.3) is 0 Å². The van der Waals surface area contributed by atoms with E-state index in [0.717, 1.165) is 18.0 Å². The van der Waals surface area contributed by atoms with Gasteiger partial charge in [-0.05, 0) is 30.7 Å². The summed E-state index contributed by atoms with van der Waals surface area (Å²) in [4.78, 5) is 14.5. The van der Waals surface area contributed by atoms with Crippen molar-refractivity contribution in [2.45, 2.75) is 6.92 Å². The maximum atomic E-state index is 11.4. The molecule has 3 rings (SSSR count). The topological polar surface area (TPSA) is 120 Å². The summed E-state index contributed by atoms with van der Waals surface area (Å²) in [7, 11) is -3.41. The third-order valence-electron chi connectivity index (χ3n) is 3.40. The van der Waals surface area contributed by atoms with Crippen LogP contribution in [0.3, 0.4) is 0 Å². The molecule has 24 heavy (non-hydrogen) atoms. The van der Waals surface area contributed by atoms with E-state index in [-0.39, 0.29) is 11.3 Å². The van der Waals surface area contributed by atoms with Gasteiger partial charge in [-0.3, -0.25) is 14.8 Å². The average Bonchev–Trinajstić information content (AvgIpc) is 2.92. The molecule has 0 spiro atoms. The zero-order chi connectivity index (χ0) is 17.5. The highest BCUT2D eigenvalue weighted by Gasteiger charge is 2.19. The Balaban J connectivity index is 2.20. The Bertz CT molecular complexity index is 1060. The van der Waals surface area contributed by atoms with Crippen molar-refractivity contribution in [3.63, 3.8) is 0 Å². The fourth-order valence-electron chi connectivity index (χ4n) is 2.39. The number of benzene rings is 1. The predicted molar refractivity (Wildman–Crippen MR) is 88.3 cm³/mol. The van der Waals surface area contributed by atoms with E-state index in [1.54, 1.807) is 24.3 Å². The highest BCUT2D eigenvalue weighted by molar-refractivity contribution is 7.92. The maximum Gasteiger partial charge on any atom is 0.333 e. The minimum Gasteiger partial charge on any atom is -0.284 e. The second-order valence-electron chi connectivity index (χ2n) is 5.26. The summed E-state index contributed by atoms with van der Waals surface area (Å²) in [5, 5.41) is 15.1. The van der Waals surface area contributed by atoms with E-state index < -0.39 is 14.9 Å². The van der Waals surface area contributed by atoms with Crippen molar-refractivity contribution in [3.05, 3.63) is 52.3 Å². The van der Waals surface area contributed by atoms with Gasteiger partial charge in [-0.15, -0.1) is 0 Å². The van der Waals surface area contributed by atoms with Gasteiger partial charge in [0, 0.05) is 17.4 Å². The number of sulfonamides is 1. The molecule has 0 aliphatic rings. The van der Waals surface area contributed by atoms with Crippen molar-refractivity contribution in [3.8, 4) is 11.3 Å². The van der Waals surface area contributed by atoms with Crippen LogP contribution in [0.15, 0.2) is 36.7 Å². The minimum atomic E-state index is -3.41. The highest BCUT2D eigenvalue weighted by atomic mass is 32.2. The molecule has 0 unspecified atom stereocenters. The lowest BCUT2D eigenvalue weighted by molar-refractivity contribution is -0.383. The second-order valence-corrected chi connectivity index (χ2v) is 7.00. The van der Waals surface area contributed by atoms with E-state index in [2.05, 4.69) is 14.8 Å². The van der Waals surface area contributed by atoms with Gasteiger partial charge in [0.05, 0.1) is 16.9 Å². The summed E-state index contributed by atoms with van der Waals surface area (Å²) in [6.45, 7) is 1.85. The van der Waals surface area contributed by atoms with Crippen LogP contribution in [0.1, 0.15) is 5.56 Å². The molecule has 0 amide bonds. The number of fused-ring (bicyclic) bond motifs is 1. The lowest BCUT2D eigenvalue weighted by Gasteiger charge is -2.11. The largest absolute Gasteiger partial charge is 0.333 e. The molecule has 9 nitrogen and oxygen atoms in total. The van der Waals surface area contributed by atoms with E-state index in [0.29, 0.717) is 16.9 Å². The Labute approximate surface area is 137 Å². The highest BCUT2D eigenvalue weighted by Crippen LogP contribution is 2.29. The van der Waals surface area contributed by atoms with Crippen LogP contribution < -0.4 is 4.72 Å². The fourth-order valence-corrected chi connectivity index (χ4v) is 2.94. The van der Waals surface area contributed by atoms with Gasteiger partial charge in [-0.2, -0.15) is 5.10 Å². The standard InChI is InChI=1S/C14H13N5O4S/c1-9-3-4-10(17-24(2,22)23)7-11(9)12-5-6-15-14-13(19(20)21)8-16-18(12)14/h3-8,17H,1-2H3. The van der Waals surface area contributed by atoms with Crippen molar-refractivity contribution >= 4 is 27.0 Å². The van der Waals surface area contributed by atoms with Crippen LogP contribution in [-0.2, 0) is 10.0 Å². The molecule has 1 aromatic carbocycles. The first-order valence-corrected chi connectivity index (χ1v) is 8.71. The third-order valence-corrected chi connectivity index (χ3v) is 4.00. The van der Waals surface area contributed by atoms with E-state index in [1.807, 2.05) is 6.92 Å². The van der Waals surface area contributed by atoms with Crippen LogP contribution in [0.4, 0.5) is 11.4 Å². The van der Waals surface area contributed by atoms with E-state index in [1.165, 1.54) is 10.7 Å². The molecule has 0 saturated heterocycles. The minimum absolute atomic E-state index is 0.123. The molecule has 124 valence electrons. The number of rotatable bonds is 4. The average molecular weight is 347 g/mol. The third kappa shape index (κ3) is 2.91. The lowest BCUT2D eigenvalue weighted by Crippen LogP contribution is -2.09. The summed E-state index contributed by atoms with van der Waals surface area (Å²) in [6, 6.07) is 6.71. The molecule has 0 radical (unpaired) electrons. The molecule has 1 N–H and O–H groups in total. The smallest absolute Gasteiger partial charge is 0.284 e. The summed E-state index contributed by atoms with van der Waals surface area (Å²) in [6.07, 6.45) is 3.66. The first kappa shape index (κ1) is 15.9. The van der Waals surface area contributed by atoms with Gasteiger partial charge in [-0.25, -0.2) is 17.9 Å². The zero-order valence-electron chi connectivity index (χ0n) is 12.8. The van der Waals surface area contributed by atoms with Gasteiger partial charge >= 0.3 is 5.69 Å². The van der Waals surface area contributed by atoms with Gasteiger partial charge in [-0.1, -0.05) is 6.07 Å². The van der Waals surface area contributed by atoms with Crippen molar-refractivity contribution < 1.29 is 13.3 Å². The first-order chi connectivity index (χ1) is 11.3. The molecule has 0 saturated carbocycles. The molecule has 0 aliphatic carbocycles. The van der Waals surface area contributed by atoms with Gasteiger partial charge in [0.2, 0.25) is 15.7 Å². The molecule has 2 aromatic heterocycles. The number of aryl methyl sites for hydroxylation is 1. The van der Waals surface area contributed by atoms with Crippen molar-refractivity contribution in [2.24, 2.45) is 0 Å². The Morgan fingerprint density at radius 2 is 2.04 bits per heavy atom. The van der Waals surface area contributed by atoms with Gasteiger partial charge < -0.3 is 0 Å². The molecule has 2 heterocycles. The Morgan fingerprint density at radius 1 is 1.29 bits per heavy atom. The van der Waals surface area contributed by atoms with Gasteiger partial charge in [0.1, 0.15) is 6.20 Å². The van der Waals surface area contributed by atoms with Gasteiger partial charge in [0.15, 0.2) is 0 Å². The number of hydrogen-bond acceptors (Lipinski definition) is 6. The maximum absolute atomic E-state index is 11.4. The van der Waals surface area contributed by atoms with Crippen molar-refractivity contribution in [1.82, 2.24) is 14.6 Å². The van der Waals surface area contributed by atoms with Crippen LogP contribution in [0.25, 0.3) is 16.9 Å². The van der Waals surface area contributed by atoms with Crippen LogP contribution in [-0.4, -0.2) is 34.2 Å². The zero-order valence-corrected chi connectivity index (χ0v) is 13.6. The van der Waals surface area contributed by atoms with Crippen LogP contribution in [0, 0.1) is 17.0 Å². The van der Waals surface area contributed by atoms with Crippen LogP contribution >= 0.6 is 0 Å². The Hall–Kier alpha value is -3.01. The Kier molecular flexibility index (Phi) is 3.68. The van der Waals surface area contributed by atoms with Crippen molar-refractivity contribution in [1.29, 1.82) is 0 Å². The molecule has 0 fully saturated rings. The second kappa shape index (κ2) is 5.57. The fraction of sp³-hybridized carbons (Fsp3) is 0.143. The quantitative estimate of drug-likeness (QED) is 0.569. The number of hydrogen-bond donors (Lipinski definition) is 1. The number of nitrogens with zero attached hydrogens (tertiary/aromatic N) is 4. The summed E-state index contributed by atoms with van der Waals surface area (Å²) in [5.41, 5.74) is 2.44. The van der Waals surface area contributed by atoms with E-state index >= 15 is 0 Å². The normalized spacial score (nSPS) is 11.6.